The van der Waals surface area contributed by atoms with Gasteiger partial charge in [-0.2, -0.15) is 60.4 Å². The van der Waals surface area contributed by atoms with Gasteiger partial charge in [-0.25, -0.2) is 18.7 Å². The number of aromatic amines is 2. The lowest BCUT2D eigenvalue weighted by Gasteiger charge is -2.34. The molecule has 148 heavy (non-hydrogen) atoms. The molecule has 0 bridgehead atoms. The van der Waals surface area contributed by atoms with Gasteiger partial charge in [0.25, 0.3) is 29.6 Å². The summed E-state index contributed by atoms with van der Waals surface area (Å²) in [5, 5.41) is 45.1. The number of rotatable bonds is 34. The average Bonchev–Trinajstić information content (AvgIpc) is 1.65. The topological polar surface area (TPSA) is 517 Å². The summed E-state index contributed by atoms with van der Waals surface area (Å²) in [6, 6.07) is 14.7. The minimum absolute atomic E-state index is 0.00755. The number of hydrogen-bond acceptors (Lipinski definition) is 37. The van der Waals surface area contributed by atoms with E-state index in [-0.39, 0.29) is 109 Å². The number of pyridine rings is 4. The first-order valence-corrected chi connectivity index (χ1v) is 50.2. The number of allylic oxidation sites excluding steroid dienone is 2. The molecule has 19 rings (SSSR count). The molecule has 7 fully saturated rings. The van der Waals surface area contributed by atoms with Crippen LogP contribution < -0.4 is 68.1 Å². The monoisotopic (exact) mass is 2040 g/mol. The molecule has 16 heterocycles. The Bertz CT molecular complexity index is 6520. The normalized spacial score (nSPS) is 19.3. The van der Waals surface area contributed by atoms with E-state index in [1.807, 2.05) is 59.6 Å². The second-order valence-electron chi connectivity index (χ2n) is 39.3. The van der Waals surface area contributed by atoms with Crippen molar-refractivity contribution in [1.82, 2.24) is 100 Å². The van der Waals surface area contributed by atoms with E-state index in [2.05, 4.69) is 118 Å². The number of carbonyl (C=O) groups is 4. The van der Waals surface area contributed by atoms with Crippen LogP contribution in [0.25, 0.3) is 27.6 Å². The zero-order chi connectivity index (χ0) is 105. The number of hydrogen-bond donors (Lipinski definition) is 6. The molecule has 786 valence electrons. The molecule has 3 aliphatic carbocycles. The highest BCUT2D eigenvalue weighted by Gasteiger charge is 2.44. The van der Waals surface area contributed by atoms with Gasteiger partial charge in [-0.3, -0.25) is 34.1 Å². The first kappa shape index (κ1) is 106. The fourth-order valence-electron chi connectivity index (χ4n) is 19.4. The van der Waals surface area contributed by atoms with E-state index >= 15 is 0 Å². The number of aliphatic hydroxyl groups excluding tert-OH is 1. The molecule has 0 unspecified atom stereocenters. The third-order valence-corrected chi connectivity index (χ3v) is 28.2. The number of anilines is 4. The van der Waals surface area contributed by atoms with E-state index in [9.17, 15) is 38.2 Å². The molecule has 10 aromatic rings. The van der Waals surface area contributed by atoms with Gasteiger partial charge in [0.15, 0.2) is 0 Å². The lowest BCUT2D eigenvalue weighted by atomic mass is 9.86. The lowest BCUT2D eigenvalue weighted by Crippen LogP contribution is -2.47. The maximum atomic E-state index is 13.8. The summed E-state index contributed by atoms with van der Waals surface area (Å²) in [5.41, 5.74) is 9.73. The van der Waals surface area contributed by atoms with Gasteiger partial charge >= 0.3 is 24.0 Å². The number of nitriles is 2. The summed E-state index contributed by atoms with van der Waals surface area (Å²) >= 11 is 0. The number of fused-ring (bicyclic) bond motifs is 4. The van der Waals surface area contributed by atoms with Crippen molar-refractivity contribution in [2.24, 2.45) is 40.5 Å². The van der Waals surface area contributed by atoms with Gasteiger partial charge in [0.05, 0.1) is 144 Å². The Morgan fingerprint density at radius 2 is 1.01 bits per heavy atom. The Morgan fingerprint density at radius 3 is 1.47 bits per heavy atom. The summed E-state index contributed by atoms with van der Waals surface area (Å²) in [4.78, 5) is 136. The number of alkyl halides is 2. The van der Waals surface area contributed by atoms with Gasteiger partial charge in [-0.05, 0) is 164 Å². The van der Waals surface area contributed by atoms with Gasteiger partial charge in [0.1, 0.15) is 69.5 Å². The predicted octanol–water partition coefficient (Wildman–Crippen LogP) is 10.2. The van der Waals surface area contributed by atoms with Gasteiger partial charge in [-0.1, -0.05) is 6.08 Å². The van der Waals surface area contributed by atoms with Crippen molar-refractivity contribution in [3.05, 3.63) is 136 Å². The molecule has 43 nitrogen and oxygen atoms in total. The van der Waals surface area contributed by atoms with Crippen LogP contribution in [0.15, 0.2) is 84.6 Å². The van der Waals surface area contributed by atoms with Crippen molar-refractivity contribution >= 4 is 80.5 Å². The molecule has 10 aromatic heterocycles. The van der Waals surface area contributed by atoms with E-state index in [4.69, 9.17) is 62.9 Å². The van der Waals surface area contributed by atoms with E-state index < -0.39 is 47.9 Å². The Kier molecular flexibility index (Phi) is 34.1. The highest BCUT2D eigenvalue weighted by molar-refractivity contribution is 6.07. The number of halogens is 2. The standard InChI is InChI=1S/C27H34N8O4.C26H32F2N6O4.C25H30N8O4.C25H33N5O4/c1-15(27(2,3)37)31-24(36)23-32-25(34-26(33-23)39-14-18-11-17(18)12-28)35-9-6-16(7-10-35)19-13-30-22-21(19)20(38-4)5-8-29-22;1-16(14-36-2)38-25-31-18(24(35)34-11-7-26(27,28)15-34)12-21(32-25)33-9-5-17(6-10-33)23-22-19(13-30-23)29-8-4-20(22)37-3;1-14(12-34)29-23(35)22-30-24(32-25(31-22)37-13-17-9-16(17)10-26)33-7-4-15(5-8-33)18-11-28-21-20(18)19(36-2)3-6-27-21;1-16(15-32-4)34-25-27-20(24(31)29(2)3)14-22(28-25)30-12-9-17(10-13-30)18-6-7-19-23(18)21(33-5)8-11-26-19/h5,8,13,15-18,37H,6-7,9-11,14H2,1-4H3,(H,29,30)(H,31,36);4,8,12,16-17H,5-7,9-11,13-15H2,1-3H3;3,6,11,14-17,34H,4-5,7-9,12-13H2,1-2H3,(H,27,28)(H,29,35);6,8,11,14,16-17H,7,9-10,12-13,15H2,1-5H3/t15-,17+,18-;16-;14-,16+,17-;16-/m1111/s1. The minimum Gasteiger partial charge on any atom is -0.496 e. The number of nitrogens with zero attached hydrogens (tertiary/aromatic N) is 23. The third-order valence-electron chi connectivity index (χ3n) is 28.2. The van der Waals surface area contributed by atoms with Crippen molar-refractivity contribution in [2.75, 3.05) is 175 Å². The van der Waals surface area contributed by atoms with Crippen molar-refractivity contribution in [3.63, 3.8) is 0 Å². The van der Waals surface area contributed by atoms with E-state index in [1.54, 1.807) is 122 Å². The number of piperidine rings is 4. The van der Waals surface area contributed by atoms with Crippen LogP contribution in [-0.2, 0) is 22.4 Å². The predicted molar refractivity (Wildman–Crippen MR) is 541 cm³/mol. The fraction of sp³-hybridized carbons (Fsp3) is 0.544. The first-order valence-electron chi connectivity index (χ1n) is 50.2. The minimum atomic E-state index is -2.89. The molecule has 6 aliphatic heterocycles. The largest absolute Gasteiger partial charge is 0.496 e. The molecule has 9 aliphatic rings. The SMILES string of the molecule is COC[C@@H](C)Oc1nc(C(=O)N(C)C)cc(N2CCC(C3=CCc4nccc(OC)c43)CC2)n1.COC[C@@H](C)Oc1nc(C(=O)N2CCC(F)(F)C2)cc(N2CCC(C3=NCc4nccc(OC)c43)CC2)n1.COc1ccnc2[nH]cc(C3CCN(c4nc(OC[C@H]5C[C@H]5C#N)nc(C(=O)N[C@H](C)C(C)(C)O)n4)CC3)c12.COc1ccnc2[nH]cc(C3CCN(c4nc(OC[C@H]5C[C@H]5C#N)nc(C(=O)N[C@H](C)CO)n4)CC3)c12. The molecule has 0 aromatic carbocycles. The number of aromatic nitrogens is 16. The van der Waals surface area contributed by atoms with Crippen LogP contribution in [0.3, 0.4) is 0 Å². The summed E-state index contributed by atoms with van der Waals surface area (Å²) in [5.74, 6) is 1.96. The van der Waals surface area contributed by atoms with E-state index in [0.717, 1.165) is 162 Å². The fourth-order valence-corrected chi connectivity index (χ4v) is 19.4. The smallest absolute Gasteiger partial charge is 0.321 e. The number of H-pyrrole nitrogens is 2. The number of aliphatic hydroxyl groups is 2. The van der Waals surface area contributed by atoms with Crippen LogP contribution in [0.2, 0.25) is 0 Å². The molecule has 0 radical (unpaired) electrons. The number of methoxy groups -OCH3 is 6. The quantitative estimate of drug-likeness (QED) is 0.0218. The summed E-state index contributed by atoms with van der Waals surface area (Å²) in [6.07, 6.45) is 21.8. The van der Waals surface area contributed by atoms with Crippen LogP contribution in [0.4, 0.5) is 32.3 Å². The molecular formula is C103H129F2N27O16. The second kappa shape index (κ2) is 47.5. The number of likely N-dealkylation sites (tertiary alicyclic amines) is 1. The van der Waals surface area contributed by atoms with Crippen LogP contribution in [0, 0.1) is 58.2 Å². The molecule has 0 spiro atoms. The number of amides is 4. The van der Waals surface area contributed by atoms with Gasteiger partial charge in [0, 0.05) is 179 Å². The zero-order valence-corrected chi connectivity index (χ0v) is 85.9. The number of nitrogens with one attached hydrogen (secondary N) is 4. The van der Waals surface area contributed by atoms with Crippen LogP contribution in [0.1, 0.15) is 200 Å². The molecule has 4 amide bonds. The van der Waals surface area contributed by atoms with Gasteiger partial charge in [0.2, 0.25) is 23.5 Å². The van der Waals surface area contributed by atoms with Crippen molar-refractivity contribution in [2.45, 2.75) is 173 Å². The molecule has 5 saturated heterocycles. The highest BCUT2D eigenvalue weighted by Crippen LogP contribution is 2.46. The maximum absolute atomic E-state index is 13.8. The van der Waals surface area contributed by atoms with Crippen LogP contribution in [-0.4, -0.2) is 320 Å². The third kappa shape index (κ3) is 25.4. The molecule has 6 N–H and O–H groups in total. The Balaban J connectivity index is 0.000000141. The first-order chi connectivity index (χ1) is 71.4. The second-order valence-corrected chi connectivity index (χ2v) is 39.3. The maximum Gasteiger partial charge on any atom is 0.321 e. The van der Waals surface area contributed by atoms with Crippen molar-refractivity contribution < 1.29 is 85.5 Å². The van der Waals surface area contributed by atoms with Crippen LogP contribution >= 0.6 is 0 Å². The zero-order valence-electron chi connectivity index (χ0n) is 85.9. The van der Waals surface area contributed by atoms with E-state index in [0.29, 0.717) is 119 Å². The Morgan fingerprint density at radius 1 is 0.554 bits per heavy atom. The number of carbonyl (C=O) groups excluding carboxylic acids is 4. The van der Waals surface area contributed by atoms with E-state index in [1.165, 1.54) is 21.6 Å². The average molecular weight is 2040 g/mol. The van der Waals surface area contributed by atoms with Gasteiger partial charge < -0.3 is 108 Å². The summed E-state index contributed by atoms with van der Waals surface area (Å²) in [6.45, 7) is 17.0. The Labute approximate surface area is 856 Å². The van der Waals surface area contributed by atoms with Crippen LogP contribution in [0.5, 0.6) is 47.0 Å². The van der Waals surface area contributed by atoms with Crippen molar-refractivity contribution in [1.29, 1.82) is 10.5 Å². The molecular weight excluding hydrogens is 1910 g/mol. The summed E-state index contributed by atoms with van der Waals surface area (Å²) in [7, 11) is 13.3. The van der Waals surface area contributed by atoms with Crippen molar-refractivity contribution in [3.8, 4) is 59.2 Å². The molecule has 8 atom stereocenters. The summed E-state index contributed by atoms with van der Waals surface area (Å²) < 4.78 is 83.5. The Hall–Kier alpha value is -14.6. The molecule has 2 saturated carbocycles. The molecule has 45 heteroatoms. The lowest BCUT2D eigenvalue weighted by molar-refractivity contribution is 0.0119. The van der Waals surface area contributed by atoms with Gasteiger partial charge in [-0.15, -0.1) is 0 Å². The number of ether oxygens (including phenoxy) is 10. The highest BCUT2D eigenvalue weighted by atomic mass is 19.3. The number of aliphatic imine (C=N–C) groups is 1.